The van der Waals surface area contributed by atoms with Crippen molar-refractivity contribution in [3.63, 3.8) is 0 Å². The minimum absolute atomic E-state index is 0.413. The largest absolute Gasteiger partial charge is 0.361 e. The summed E-state index contributed by atoms with van der Waals surface area (Å²) in [4.78, 5) is 29.2. The number of fused-ring (bicyclic) bond motifs is 1. The van der Waals surface area contributed by atoms with Gasteiger partial charge in [0.15, 0.2) is 0 Å². The van der Waals surface area contributed by atoms with Gasteiger partial charge in [-0.1, -0.05) is 38.5 Å². The Morgan fingerprint density at radius 1 is 1.12 bits per heavy atom. The molecule has 0 saturated heterocycles. The molecule has 5 nitrogen and oxygen atoms in total. The Morgan fingerprint density at radius 2 is 1.92 bits per heavy atom. The van der Waals surface area contributed by atoms with Gasteiger partial charge < -0.3 is 15.2 Å². The normalized spacial score (nSPS) is 10.8. The zero-order chi connectivity index (χ0) is 17.4. The van der Waals surface area contributed by atoms with Crippen LogP contribution in [0.3, 0.4) is 0 Å². The monoisotopic (exact) mass is 329 g/mol. The number of benzene rings is 1. The van der Waals surface area contributed by atoms with Gasteiger partial charge in [-0.3, -0.25) is 9.59 Å². The van der Waals surface area contributed by atoms with E-state index in [1.807, 2.05) is 31.3 Å². The molecule has 0 aliphatic carbocycles. The van der Waals surface area contributed by atoms with E-state index in [4.69, 9.17) is 0 Å². The van der Waals surface area contributed by atoms with Gasteiger partial charge in [0.2, 0.25) is 0 Å². The SMILES string of the molecule is CCCCN(CCC)C(=O)C(=O)NCCc1c[nH]c2ccccc12. The van der Waals surface area contributed by atoms with E-state index in [0.717, 1.165) is 35.7 Å². The van der Waals surface area contributed by atoms with Gasteiger partial charge in [0.05, 0.1) is 0 Å². The molecule has 1 heterocycles. The van der Waals surface area contributed by atoms with Crippen LogP contribution in [0.25, 0.3) is 10.9 Å². The van der Waals surface area contributed by atoms with Crippen molar-refractivity contribution in [3.05, 3.63) is 36.0 Å². The van der Waals surface area contributed by atoms with Gasteiger partial charge >= 0.3 is 11.8 Å². The highest BCUT2D eigenvalue weighted by Crippen LogP contribution is 2.17. The van der Waals surface area contributed by atoms with Crippen molar-refractivity contribution in [2.24, 2.45) is 0 Å². The number of nitrogens with one attached hydrogen (secondary N) is 2. The van der Waals surface area contributed by atoms with Crippen molar-refractivity contribution < 1.29 is 9.59 Å². The van der Waals surface area contributed by atoms with Crippen LogP contribution in [0.2, 0.25) is 0 Å². The van der Waals surface area contributed by atoms with Gasteiger partial charge in [0.25, 0.3) is 0 Å². The maximum absolute atomic E-state index is 12.3. The molecular weight excluding hydrogens is 302 g/mol. The topological polar surface area (TPSA) is 65.2 Å². The molecule has 24 heavy (non-hydrogen) atoms. The molecule has 0 aliphatic heterocycles. The van der Waals surface area contributed by atoms with E-state index in [1.54, 1.807) is 4.90 Å². The molecule has 0 saturated carbocycles. The summed E-state index contributed by atoms with van der Waals surface area (Å²) in [6.45, 7) is 5.84. The second kappa shape index (κ2) is 9.11. The highest BCUT2D eigenvalue weighted by Gasteiger charge is 2.20. The zero-order valence-electron chi connectivity index (χ0n) is 14.6. The van der Waals surface area contributed by atoms with Crippen molar-refractivity contribution >= 4 is 22.7 Å². The second-order valence-electron chi connectivity index (χ2n) is 6.01. The molecule has 5 heteroatoms. The molecule has 0 fully saturated rings. The van der Waals surface area contributed by atoms with E-state index in [9.17, 15) is 9.59 Å². The number of nitrogens with zero attached hydrogens (tertiary/aromatic N) is 1. The summed E-state index contributed by atoms with van der Waals surface area (Å²) in [5, 5.41) is 3.92. The fourth-order valence-electron chi connectivity index (χ4n) is 2.80. The number of aromatic nitrogens is 1. The fourth-order valence-corrected chi connectivity index (χ4v) is 2.80. The molecule has 1 aromatic heterocycles. The maximum Gasteiger partial charge on any atom is 0.311 e. The number of H-pyrrole nitrogens is 1. The summed E-state index contributed by atoms with van der Waals surface area (Å²) in [7, 11) is 0. The summed E-state index contributed by atoms with van der Waals surface area (Å²) in [5.41, 5.74) is 2.23. The van der Waals surface area contributed by atoms with Gasteiger partial charge in [-0.2, -0.15) is 0 Å². The molecule has 2 aromatic rings. The summed E-state index contributed by atoms with van der Waals surface area (Å²) in [6, 6.07) is 8.07. The lowest BCUT2D eigenvalue weighted by molar-refractivity contribution is -0.145. The predicted molar refractivity (Wildman–Crippen MR) is 96.8 cm³/mol. The van der Waals surface area contributed by atoms with Crippen LogP contribution < -0.4 is 5.32 Å². The van der Waals surface area contributed by atoms with E-state index in [2.05, 4.69) is 23.3 Å². The van der Waals surface area contributed by atoms with Crippen molar-refractivity contribution in [2.75, 3.05) is 19.6 Å². The molecule has 0 atom stereocenters. The first-order valence-corrected chi connectivity index (χ1v) is 8.79. The van der Waals surface area contributed by atoms with Crippen molar-refractivity contribution in [3.8, 4) is 0 Å². The number of hydrogen-bond acceptors (Lipinski definition) is 2. The van der Waals surface area contributed by atoms with E-state index in [1.165, 1.54) is 0 Å². The van der Waals surface area contributed by atoms with Crippen molar-refractivity contribution in [1.82, 2.24) is 15.2 Å². The first kappa shape index (κ1) is 18.0. The molecule has 2 N–H and O–H groups in total. The molecule has 2 amide bonds. The molecule has 130 valence electrons. The minimum atomic E-state index is -0.501. The quantitative estimate of drug-likeness (QED) is 0.731. The highest BCUT2D eigenvalue weighted by atomic mass is 16.2. The Labute approximate surface area is 143 Å². The van der Waals surface area contributed by atoms with Crippen LogP contribution in [0.4, 0.5) is 0 Å². The van der Waals surface area contributed by atoms with Crippen LogP contribution in [0, 0.1) is 0 Å². The van der Waals surface area contributed by atoms with Gasteiger partial charge in [-0.05, 0) is 30.9 Å². The van der Waals surface area contributed by atoms with Gasteiger partial charge in [0, 0.05) is 36.7 Å². The standard InChI is InChI=1S/C19H27N3O2/c1-3-5-13-22(12-4-2)19(24)18(23)20-11-10-15-14-21-17-9-7-6-8-16(15)17/h6-9,14,21H,3-5,10-13H2,1-2H3,(H,20,23). The summed E-state index contributed by atoms with van der Waals surface area (Å²) >= 11 is 0. The third-order valence-electron chi connectivity index (χ3n) is 4.11. The summed E-state index contributed by atoms with van der Waals surface area (Å²) < 4.78 is 0. The highest BCUT2D eigenvalue weighted by molar-refractivity contribution is 6.35. The van der Waals surface area contributed by atoms with E-state index >= 15 is 0 Å². The Balaban J connectivity index is 1.86. The number of amides is 2. The molecular formula is C19H27N3O2. The Bertz CT molecular complexity index is 678. The fraction of sp³-hybridized carbons (Fsp3) is 0.474. The van der Waals surface area contributed by atoms with E-state index < -0.39 is 11.8 Å². The third kappa shape index (κ3) is 4.60. The van der Waals surface area contributed by atoms with Gasteiger partial charge in [0.1, 0.15) is 0 Å². The first-order chi connectivity index (χ1) is 11.7. The molecule has 1 aromatic carbocycles. The first-order valence-electron chi connectivity index (χ1n) is 8.79. The molecule has 0 unspecified atom stereocenters. The smallest absolute Gasteiger partial charge is 0.311 e. The zero-order valence-corrected chi connectivity index (χ0v) is 14.6. The Morgan fingerprint density at radius 3 is 2.67 bits per heavy atom. The molecule has 0 bridgehead atoms. The number of carbonyl (C=O) groups is 2. The van der Waals surface area contributed by atoms with Crippen LogP contribution in [0.15, 0.2) is 30.5 Å². The number of rotatable bonds is 8. The Kier molecular flexibility index (Phi) is 6.85. The van der Waals surface area contributed by atoms with Crippen molar-refractivity contribution in [1.29, 1.82) is 0 Å². The summed E-state index contributed by atoms with van der Waals surface area (Å²) in [5.74, 6) is -0.913. The number of unbranched alkanes of at least 4 members (excludes halogenated alkanes) is 1. The van der Waals surface area contributed by atoms with Gasteiger partial charge in [-0.15, -0.1) is 0 Å². The van der Waals surface area contributed by atoms with E-state index in [-0.39, 0.29) is 0 Å². The van der Waals surface area contributed by atoms with Crippen LogP contribution >= 0.6 is 0 Å². The molecule has 0 spiro atoms. The van der Waals surface area contributed by atoms with Crippen LogP contribution in [0.5, 0.6) is 0 Å². The maximum atomic E-state index is 12.3. The van der Waals surface area contributed by atoms with Gasteiger partial charge in [-0.25, -0.2) is 0 Å². The Hall–Kier alpha value is -2.30. The lowest BCUT2D eigenvalue weighted by atomic mass is 10.1. The van der Waals surface area contributed by atoms with Crippen LogP contribution in [-0.2, 0) is 16.0 Å². The third-order valence-corrected chi connectivity index (χ3v) is 4.11. The molecule has 0 radical (unpaired) electrons. The summed E-state index contributed by atoms with van der Waals surface area (Å²) in [6.07, 6.45) is 5.46. The van der Waals surface area contributed by atoms with E-state index in [0.29, 0.717) is 26.1 Å². The average molecular weight is 329 g/mol. The number of carbonyl (C=O) groups excluding carboxylic acids is 2. The van der Waals surface area contributed by atoms with Crippen LogP contribution in [0.1, 0.15) is 38.7 Å². The number of aromatic amines is 1. The van der Waals surface area contributed by atoms with Crippen LogP contribution in [-0.4, -0.2) is 41.3 Å². The number of para-hydroxylation sites is 1. The minimum Gasteiger partial charge on any atom is -0.361 e. The number of hydrogen-bond donors (Lipinski definition) is 2. The second-order valence-corrected chi connectivity index (χ2v) is 6.01. The molecule has 2 rings (SSSR count). The van der Waals surface area contributed by atoms with Crippen molar-refractivity contribution in [2.45, 2.75) is 39.5 Å². The average Bonchev–Trinajstić information content (AvgIpc) is 3.01. The molecule has 0 aliphatic rings. The predicted octanol–water partition coefficient (Wildman–Crippen LogP) is 2.87. The lowest BCUT2D eigenvalue weighted by Crippen LogP contribution is -2.44. The lowest BCUT2D eigenvalue weighted by Gasteiger charge is -2.21.